The van der Waals surface area contributed by atoms with Crippen molar-refractivity contribution in [2.75, 3.05) is 62.3 Å². The van der Waals surface area contributed by atoms with E-state index in [2.05, 4.69) is 14.8 Å². The van der Waals surface area contributed by atoms with Crippen LogP contribution >= 0.6 is 0 Å². The minimum absolute atomic E-state index is 0.173. The summed E-state index contributed by atoms with van der Waals surface area (Å²) in [5.41, 5.74) is 1.42. The van der Waals surface area contributed by atoms with Gasteiger partial charge in [-0.15, -0.1) is 0 Å². The van der Waals surface area contributed by atoms with Gasteiger partial charge in [-0.05, 0) is 37.5 Å². The number of hydrogen-bond acceptors (Lipinski definition) is 6. The van der Waals surface area contributed by atoms with Gasteiger partial charge < -0.3 is 19.4 Å². The molecule has 31 heavy (non-hydrogen) atoms. The number of morpholine rings is 1. The fourth-order valence-electron chi connectivity index (χ4n) is 4.56. The number of amides is 1. The van der Waals surface area contributed by atoms with E-state index in [9.17, 15) is 9.18 Å². The maximum Gasteiger partial charge on any atom is 0.233 e. The van der Waals surface area contributed by atoms with Gasteiger partial charge in [0.15, 0.2) is 0 Å². The predicted octanol–water partition coefficient (Wildman–Crippen LogP) is 2.14. The zero-order chi connectivity index (χ0) is 21.4. The van der Waals surface area contributed by atoms with Crippen molar-refractivity contribution in [2.24, 2.45) is 0 Å². The first kappa shape index (κ1) is 20.2. The van der Waals surface area contributed by atoms with Crippen molar-refractivity contribution in [3.05, 3.63) is 47.4 Å². The van der Waals surface area contributed by atoms with Gasteiger partial charge in [0.05, 0.1) is 18.6 Å². The number of rotatable bonds is 4. The minimum atomic E-state index is -0.453. The Kier molecular flexibility index (Phi) is 5.25. The highest BCUT2D eigenvalue weighted by Gasteiger charge is 2.53. The number of ether oxygens (including phenoxy) is 1. The first-order valence-electron chi connectivity index (χ1n) is 11.0. The highest BCUT2D eigenvalue weighted by atomic mass is 19.1. The topological polar surface area (TPSA) is 61.8 Å². The molecule has 2 aliphatic heterocycles. The standard InChI is InChI=1S/C23H28FN5O2/c1-17-16-20(26-22(25-17)29-12-14-31-15-13-29)27-8-10-28(11-9-27)21(30)23(6-7-23)18-2-4-19(24)5-3-18/h2-5,16H,6-15H2,1H3. The van der Waals surface area contributed by atoms with Crippen molar-refractivity contribution in [3.8, 4) is 0 Å². The molecule has 3 heterocycles. The molecule has 3 aliphatic rings. The van der Waals surface area contributed by atoms with Crippen molar-refractivity contribution >= 4 is 17.7 Å². The summed E-state index contributed by atoms with van der Waals surface area (Å²) in [7, 11) is 0. The van der Waals surface area contributed by atoms with E-state index >= 15 is 0 Å². The van der Waals surface area contributed by atoms with Gasteiger partial charge in [0.1, 0.15) is 11.6 Å². The van der Waals surface area contributed by atoms with Gasteiger partial charge in [-0.3, -0.25) is 4.79 Å². The quantitative estimate of drug-likeness (QED) is 0.748. The lowest BCUT2D eigenvalue weighted by molar-refractivity contribution is -0.134. The molecule has 2 aromatic rings. The fourth-order valence-corrected chi connectivity index (χ4v) is 4.56. The fraction of sp³-hybridized carbons (Fsp3) is 0.522. The van der Waals surface area contributed by atoms with Gasteiger partial charge in [0, 0.05) is 51.0 Å². The zero-order valence-electron chi connectivity index (χ0n) is 17.9. The molecule has 3 fully saturated rings. The number of halogens is 1. The van der Waals surface area contributed by atoms with E-state index in [1.165, 1.54) is 12.1 Å². The van der Waals surface area contributed by atoms with Crippen molar-refractivity contribution in [1.82, 2.24) is 14.9 Å². The summed E-state index contributed by atoms with van der Waals surface area (Å²) in [5.74, 6) is 1.58. The Morgan fingerprint density at radius 1 is 0.968 bits per heavy atom. The second kappa shape index (κ2) is 8.07. The number of carbonyl (C=O) groups is 1. The predicted molar refractivity (Wildman–Crippen MR) is 116 cm³/mol. The van der Waals surface area contributed by atoms with E-state index in [0.717, 1.165) is 62.0 Å². The Hall–Kier alpha value is -2.74. The normalized spacial score (nSPS) is 20.6. The molecule has 7 nitrogen and oxygen atoms in total. The summed E-state index contributed by atoms with van der Waals surface area (Å²) in [5, 5.41) is 0. The molecular formula is C23H28FN5O2. The number of aryl methyl sites for hydroxylation is 1. The van der Waals surface area contributed by atoms with E-state index in [0.29, 0.717) is 26.3 Å². The smallest absolute Gasteiger partial charge is 0.233 e. The van der Waals surface area contributed by atoms with Gasteiger partial charge in [0.2, 0.25) is 11.9 Å². The van der Waals surface area contributed by atoms with Crippen molar-refractivity contribution in [3.63, 3.8) is 0 Å². The Balaban J connectivity index is 1.26. The number of aromatic nitrogens is 2. The summed E-state index contributed by atoms with van der Waals surface area (Å²) in [4.78, 5) is 29.1. The molecule has 1 saturated carbocycles. The van der Waals surface area contributed by atoms with Gasteiger partial charge in [0.25, 0.3) is 0 Å². The van der Waals surface area contributed by atoms with Crippen LogP contribution in [0, 0.1) is 12.7 Å². The molecule has 0 bridgehead atoms. The summed E-state index contributed by atoms with van der Waals surface area (Å²) in [6.45, 7) is 7.80. The largest absolute Gasteiger partial charge is 0.378 e. The summed E-state index contributed by atoms with van der Waals surface area (Å²) in [6.07, 6.45) is 1.68. The van der Waals surface area contributed by atoms with E-state index in [-0.39, 0.29) is 11.7 Å². The second-order valence-corrected chi connectivity index (χ2v) is 8.64. The number of benzene rings is 1. The van der Waals surface area contributed by atoms with Crippen LogP contribution in [0.1, 0.15) is 24.1 Å². The third-order valence-electron chi connectivity index (χ3n) is 6.57. The van der Waals surface area contributed by atoms with Gasteiger partial charge >= 0.3 is 0 Å². The van der Waals surface area contributed by atoms with Crippen LogP contribution in [0.25, 0.3) is 0 Å². The number of hydrogen-bond donors (Lipinski definition) is 0. The molecule has 0 N–H and O–H groups in total. The van der Waals surface area contributed by atoms with Crippen LogP contribution in [0.5, 0.6) is 0 Å². The molecule has 0 spiro atoms. The Morgan fingerprint density at radius 3 is 2.29 bits per heavy atom. The van der Waals surface area contributed by atoms with Crippen LogP contribution in [0.4, 0.5) is 16.2 Å². The third-order valence-corrected chi connectivity index (χ3v) is 6.57. The monoisotopic (exact) mass is 425 g/mol. The average molecular weight is 426 g/mol. The van der Waals surface area contributed by atoms with Crippen molar-refractivity contribution < 1.29 is 13.9 Å². The maximum atomic E-state index is 13.3. The molecule has 2 saturated heterocycles. The van der Waals surface area contributed by atoms with Crippen molar-refractivity contribution in [1.29, 1.82) is 0 Å². The van der Waals surface area contributed by atoms with Crippen LogP contribution in [0.2, 0.25) is 0 Å². The summed E-state index contributed by atoms with van der Waals surface area (Å²) >= 11 is 0. The first-order valence-corrected chi connectivity index (χ1v) is 11.0. The summed E-state index contributed by atoms with van der Waals surface area (Å²) in [6, 6.07) is 8.43. The molecular weight excluding hydrogens is 397 g/mol. The highest BCUT2D eigenvalue weighted by Crippen LogP contribution is 2.49. The second-order valence-electron chi connectivity index (χ2n) is 8.64. The SMILES string of the molecule is Cc1cc(N2CCN(C(=O)C3(c4ccc(F)cc4)CC3)CC2)nc(N2CCOCC2)n1. The Labute approximate surface area is 181 Å². The third kappa shape index (κ3) is 3.96. The molecule has 1 aliphatic carbocycles. The molecule has 1 aromatic heterocycles. The van der Waals surface area contributed by atoms with E-state index in [1.54, 1.807) is 12.1 Å². The highest BCUT2D eigenvalue weighted by molar-refractivity contribution is 5.91. The molecule has 1 aromatic carbocycles. The van der Waals surface area contributed by atoms with Crippen molar-refractivity contribution in [2.45, 2.75) is 25.2 Å². The van der Waals surface area contributed by atoms with Gasteiger partial charge in [-0.1, -0.05) is 12.1 Å². The number of anilines is 2. The first-order chi connectivity index (χ1) is 15.0. The molecule has 0 radical (unpaired) electrons. The number of piperazine rings is 1. The summed E-state index contributed by atoms with van der Waals surface area (Å²) < 4.78 is 18.7. The van der Waals surface area contributed by atoms with E-state index in [4.69, 9.17) is 9.72 Å². The lowest BCUT2D eigenvalue weighted by Gasteiger charge is -2.37. The minimum Gasteiger partial charge on any atom is -0.378 e. The van der Waals surface area contributed by atoms with Crippen LogP contribution < -0.4 is 9.80 Å². The average Bonchev–Trinajstić information content (AvgIpc) is 3.61. The van der Waals surface area contributed by atoms with Crippen LogP contribution in [-0.2, 0) is 14.9 Å². The van der Waals surface area contributed by atoms with Gasteiger partial charge in [-0.2, -0.15) is 4.98 Å². The lowest BCUT2D eigenvalue weighted by Crippen LogP contribution is -2.52. The molecule has 5 rings (SSSR count). The molecule has 8 heteroatoms. The zero-order valence-corrected chi connectivity index (χ0v) is 17.9. The maximum absolute atomic E-state index is 13.3. The Morgan fingerprint density at radius 2 is 1.65 bits per heavy atom. The van der Waals surface area contributed by atoms with Crippen LogP contribution in [-0.4, -0.2) is 73.3 Å². The van der Waals surface area contributed by atoms with Crippen LogP contribution in [0.15, 0.2) is 30.3 Å². The number of carbonyl (C=O) groups excluding carboxylic acids is 1. The molecule has 1 amide bonds. The molecule has 0 unspecified atom stereocenters. The number of nitrogens with zero attached hydrogens (tertiary/aromatic N) is 5. The Bertz CT molecular complexity index is 949. The lowest BCUT2D eigenvalue weighted by atomic mass is 9.94. The van der Waals surface area contributed by atoms with Gasteiger partial charge in [-0.25, -0.2) is 9.37 Å². The molecule has 164 valence electrons. The van der Waals surface area contributed by atoms with E-state index in [1.807, 2.05) is 17.9 Å². The van der Waals surface area contributed by atoms with E-state index < -0.39 is 5.41 Å². The van der Waals surface area contributed by atoms with Crippen LogP contribution in [0.3, 0.4) is 0 Å². The molecule has 0 atom stereocenters.